The topological polar surface area (TPSA) is 97.0 Å². The third kappa shape index (κ3) is 4.77. The van der Waals surface area contributed by atoms with E-state index >= 15 is 0 Å². The van der Waals surface area contributed by atoms with Gasteiger partial charge in [-0.3, -0.25) is 14.9 Å². The average molecular weight is 347 g/mol. The van der Waals surface area contributed by atoms with Gasteiger partial charge in [0, 0.05) is 6.61 Å². The lowest BCUT2D eigenvalue weighted by molar-refractivity contribution is -0.127. The van der Waals surface area contributed by atoms with E-state index in [0.29, 0.717) is 26.2 Å². The van der Waals surface area contributed by atoms with Crippen LogP contribution in [0, 0.1) is 0 Å². The first-order valence-corrected chi connectivity index (χ1v) is 8.23. The normalized spacial score (nSPS) is 23.4. The van der Waals surface area contributed by atoms with Gasteiger partial charge in [-0.1, -0.05) is 30.3 Å². The number of rotatable bonds is 6. The second-order valence-electron chi connectivity index (χ2n) is 6.08. The molecule has 8 nitrogen and oxygen atoms in total. The third-order valence-corrected chi connectivity index (χ3v) is 4.15. The minimum atomic E-state index is -0.545. The molecule has 0 bridgehead atoms. The van der Waals surface area contributed by atoms with E-state index in [1.165, 1.54) is 4.90 Å². The number of nitrogens with one attached hydrogen (secondary N) is 2. The van der Waals surface area contributed by atoms with Gasteiger partial charge < -0.3 is 19.7 Å². The molecule has 2 aliphatic heterocycles. The molecule has 4 amide bonds. The van der Waals surface area contributed by atoms with Gasteiger partial charge in [0.15, 0.2) is 0 Å². The SMILES string of the molecule is O=C1CN(CC(=O)NC2COCCC2OCc2ccccc2)C(=O)N1. The molecule has 0 radical (unpaired) electrons. The Morgan fingerprint density at radius 2 is 2.12 bits per heavy atom. The van der Waals surface area contributed by atoms with E-state index in [-0.39, 0.29) is 31.1 Å². The molecule has 0 aromatic heterocycles. The van der Waals surface area contributed by atoms with Gasteiger partial charge >= 0.3 is 6.03 Å². The molecule has 2 unspecified atom stereocenters. The Labute approximate surface area is 145 Å². The number of imide groups is 1. The zero-order valence-corrected chi connectivity index (χ0v) is 13.8. The Bertz CT molecular complexity index is 636. The second kappa shape index (κ2) is 8.09. The van der Waals surface area contributed by atoms with E-state index < -0.39 is 11.9 Å². The maximum atomic E-state index is 12.2. The van der Waals surface area contributed by atoms with E-state index in [2.05, 4.69) is 10.6 Å². The van der Waals surface area contributed by atoms with Crippen molar-refractivity contribution in [2.45, 2.75) is 25.2 Å². The summed E-state index contributed by atoms with van der Waals surface area (Å²) in [6.45, 7) is 1.13. The molecule has 2 saturated heterocycles. The first kappa shape index (κ1) is 17.4. The van der Waals surface area contributed by atoms with Crippen molar-refractivity contribution >= 4 is 17.8 Å². The van der Waals surface area contributed by atoms with Crippen molar-refractivity contribution in [3.63, 3.8) is 0 Å². The van der Waals surface area contributed by atoms with Crippen LogP contribution in [0.3, 0.4) is 0 Å². The zero-order chi connectivity index (χ0) is 17.6. The Morgan fingerprint density at radius 3 is 2.84 bits per heavy atom. The number of hydrogen-bond donors (Lipinski definition) is 2. The number of nitrogens with zero attached hydrogens (tertiary/aromatic N) is 1. The minimum Gasteiger partial charge on any atom is -0.379 e. The van der Waals surface area contributed by atoms with Crippen molar-refractivity contribution in [3.05, 3.63) is 35.9 Å². The monoisotopic (exact) mass is 347 g/mol. The van der Waals surface area contributed by atoms with Crippen molar-refractivity contribution in [1.29, 1.82) is 0 Å². The van der Waals surface area contributed by atoms with Gasteiger partial charge in [-0.2, -0.15) is 0 Å². The molecule has 8 heteroatoms. The highest BCUT2D eigenvalue weighted by Gasteiger charge is 2.31. The van der Waals surface area contributed by atoms with Crippen LogP contribution in [0.2, 0.25) is 0 Å². The second-order valence-corrected chi connectivity index (χ2v) is 6.08. The van der Waals surface area contributed by atoms with Crippen molar-refractivity contribution in [2.24, 2.45) is 0 Å². The lowest BCUT2D eigenvalue weighted by Crippen LogP contribution is -2.52. The van der Waals surface area contributed by atoms with Crippen molar-refractivity contribution in [2.75, 3.05) is 26.3 Å². The molecule has 2 aliphatic rings. The van der Waals surface area contributed by atoms with Gasteiger partial charge in [0.05, 0.1) is 25.4 Å². The Balaban J connectivity index is 1.51. The number of carbonyl (C=O) groups is 3. The summed E-state index contributed by atoms with van der Waals surface area (Å²) >= 11 is 0. The molecular weight excluding hydrogens is 326 g/mol. The third-order valence-electron chi connectivity index (χ3n) is 4.15. The van der Waals surface area contributed by atoms with Gasteiger partial charge in [-0.25, -0.2) is 4.79 Å². The highest BCUT2D eigenvalue weighted by atomic mass is 16.5. The molecule has 1 aromatic rings. The lowest BCUT2D eigenvalue weighted by atomic mass is 10.1. The number of benzene rings is 1. The van der Waals surface area contributed by atoms with Gasteiger partial charge in [0.2, 0.25) is 11.8 Å². The molecule has 134 valence electrons. The lowest BCUT2D eigenvalue weighted by Gasteiger charge is -2.32. The van der Waals surface area contributed by atoms with E-state index in [4.69, 9.17) is 9.47 Å². The largest absolute Gasteiger partial charge is 0.379 e. The van der Waals surface area contributed by atoms with Crippen molar-refractivity contribution in [1.82, 2.24) is 15.5 Å². The molecule has 3 rings (SSSR count). The van der Waals surface area contributed by atoms with Crippen LogP contribution in [0.1, 0.15) is 12.0 Å². The Hall–Kier alpha value is -2.45. The maximum absolute atomic E-state index is 12.2. The van der Waals surface area contributed by atoms with Crippen molar-refractivity contribution in [3.8, 4) is 0 Å². The summed E-state index contributed by atoms with van der Waals surface area (Å²) < 4.78 is 11.4. The fraction of sp³-hybridized carbons (Fsp3) is 0.471. The molecular formula is C17H21N3O5. The van der Waals surface area contributed by atoms with Crippen LogP contribution in [0.4, 0.5) is 4.79 Å². The van der Waals surface area contributed by atoms with E-state index in [9.17, 15) is 14.4 Å². The predicted octanol–water partition coefficient (Wildman–Crippen LogP) is 0.0287. The molecule has 1 aromatic carbocycles. The van der Waals surface area contributed by atoms with E-state index in [1.54, 1.807) is 0 Å². The zero-order valence-electron chi connectivity index (χ0n) is 13.8. The number of carbonyl (C=O) groups excluding carboxylic acids is 3. The molecule has 2 heterocycles. The maximum Gasteiger partial charge on any atom is 0.325 e. The van der Waals surface area contributed by atoms with Gasteiger partial charge in [-0.05, 0) is 12.0 Å². The smallest absolute Gasteiger partial charge is 0.325 e. The molecule has 0 saturated carbocycles. The van der Waals surface area contributed by atoms with Gasteiger partial charge in [0.25, 0.3) is 0 Å². The molecule has 25 heavy (non-hydrogen) atoms. The van der Waals surface area contributed by atoms with Gasteiger partial charge in [-0.15, -0.1) is 0 Å². The number of amides is 4. The number of hydrogen-bond acceptors (Lipinski definition) is 5. The quantitative estimate of drug-likeness (QED) is 0.708. The first-order valence-electron chi connectivity index (χ1n) is 8.23. The standard InChI is InChI=1S/C17H21N3O5/c21-15(8-20-9-16(22)19-17(20)23)18-13-11-24-7-6-14(13)25-10-12-4-2-1-3-5-12/h1-5,13-14H,6-11H2,(H,18,21)(H,19,22,23). The van der Waals surface area contributed by atoms with Crippen LogP contribution in [-0.2, 0) is 25.7 Å². The fourth-order valence-corrected chi connectivity index (χ4v) is 2.87. The molecule has 2 N–H and O–H groups in total. The average Bonchev–Trinajstić information content (AvgIpc) is 2.92. The molecule has 2 fully saturated rings. The van der Waals surface area contributed by atoms with E-state index in [1.807, 2.05) is 30.3 Å². The summed E-state index contributed by atoms with van der Waals surface area (Å²) in [5, 5.41) is 4.99. The fourth-order valence-electron chi connectivity index (χ4n) is 2.87. The summed E-state index contributed by atoms with van der Waals surface area (Å²) in [7, 11) is 0. The Kier molecular flexibility index (Phi) is 5.62. The van der Waals surface area contributed by atoms with Gasteiger partial charge in [0.1, 0.15) is 13.1 Å². The molecule has 0 spiro atoms. The highest BCUT2D eigenvalue weighted by Crippen LogP contribution is 2.14. The summed E-state index contributed by atoms with van der Waals surface area (Å²) in [5.74, 6) is -0.739. The van der Waals surface area contributed by atoms with E-state index in [0.717, 1.165) is 5.56 Å². The highest BCUT2D eigenvalue weighted by molar-refractivity contribution is 6.03. The number of urea groups is 1. The van der Waals surface area contributed by atoms with Crippen LogP contribution in [0.5, 0.6) is 0 Å². The van der Waals surface area contributed by atoms with Crippen LogP contribution >= 0.6 is 0 Å². The van der Waals surface area contributed by atoms with Crippen molar-refractivity contribution < 1.29 is 23.9 Å². The summed E-state index contributed by atoms with van der Waals surface area (Å²) in [4.78, 5) is 36.0. The summed E-state index contributed by atoms with van der Waals surface area (Å²) in [6, 6.07) is 8.98. The molecule has 0 aliphatic carbocycles. The van der Waals surface area contributed by atoms with Crippen LogP contribution in [0.15, 0.2) is 30.3 Å². The Morgan fingerprint density at radius 1 is 1.32 bits per heavy atom. The van der Waals surface area contributed by atoms with Crippen LogP contribution < -0.4 is 10.6 Å². The first-order chi connectivity index (χ1) is 12.1. The predicted molar refractivity (Wildman–Crippen MR) is 87.5 cm³/mol. The van der Waals surface area contributed by atoms with Crippen LogP contribution in [0.25, 0.3) is 0 Å². The minimum absolute atomic E-state index is 0.0959. The van der Waals surface area contributed by atoms with Crippen LogP contribution in [-0.4, -0.2) is 61.2 Å². The molecule has 2 atom stereocenters. The number of ether oxygens (including phenoxy) is 2. The summed E-state index contributed by atoms with van der Waals surface area (Å²) in [5.41, 5.74) is 1.06. The summed E-state index contributed by atoms with van der Waals surface area (Å²) in [6.07, 6.45) is 0.521.